The molecule has 0 bridgehead atoms. The Labute approximate surface area is 128 Å². The predicted octanol–water partition coefficient (Wildman–Crippen LogP) is 3.66. The lowest BCUT2D eigenvalue weighted by atomic mass is 10.0. The standard InChI is InChI=1S/C15H23N3O.C2H6/c1-12(2)13-4-6-14(7-5-13)17-15(19)18-10-3-8-16-9-11-18;1-2/h4-7,12,16H,3,8-11H2,1-2H3,(H,17,19);1-2H3. The molecule has 4 heteroatoms. The average Bonchev–Trinajstić information content (AvgIpc) is 2.79. The van der Waals surface area contributed by atoms with Crippen molar-refractivity contribution in [3.63, 3.8) is 0 Å². The van der Waals surface area contributed by atoms with Crippen LogP contribution in [0.5, 0.6) is 0 Å². The molecule has 0 spiro atoms. The highest BCUT2D eigenvalue weighted by atomic mass is 16.2. The number of carbonyl (C=O) groups excluding carboxylic acids is 1. The van der Waals surface area contributed by atoms with Crippen LogP contribution >= 0.6 is 0 Å². The van der Waals surface area contributed by atoms with Crippen molar-refractivity contribution in [2.45, 2.75) is 40.0 Å². The molecule has 1 aliphatic rings. The van der Waals surface area contributed by atoms with Crippen molar-refractivity contribution in [3.8, 4) is 0 Å². The van der Waals surface area contributed by atoms with Crippen molar-refractivity contribution in [1.82, 2.24) is 10.2 Å². The molecule has 2 amide bonds. The Bertz CT molecular complexity index is 407. The van der Waals surface area contributed by atoms with E-state index in [1.807, 2.05) is 30.9 Å². The summed E-state index contributed by atoms with van der Waals surface area (Å²) in [5.41, 5.74) is 2.16. The van der Waals surface area contributed by atoms with Crippen molar-refractivity contribution in [2.75, 3.05) is 31.5 Å². The third kappa shape index (κ3) is 5.76. The number of hydrogen-bond acceptors (Lipinski definition) is 2. The molecule has 2 N–H and O–H groups in total. The number of anilines is 1. The Morgan fingerprint density at radius 3 is 2.43 bits per heavy atom. The minimum absolute atomic E-state index is 0.000923. The first-order valence-electron chi connectivity index (χ1n) is 8.03. The van der Waals surface area contributed by atoms with Gasteiger partial charge in [0, 0.05) is 25.3 Å². The number of amides is 2. The molecule has 1 aromatic carbocycles. The fraction of sp³-hybridized carbons (Fsp3) is 0.588. The highest BCUT2D eigenvalue weighted by molar-refractivity contribution is 5.89. The van der Waals surface area contributed by atoms with E-state index in [-0.39, 0.29) is 6.03 Å². The zero-order valence-electron chi connectivity index (χ0n) is 13.8. The number of nitrogens with one attached hydrogen (secondary N) is 2. The maximum Gasteiger partial charge on any atom is 0.321 e. The number of hydrogen-bond donors (Lipinski definition) is 2. The minimum Gasteiger partial charge on any atom is -0.323 e. The van der Waals surface area contributed by atoms with Crippen LogP contribution in [-0.2, 0) is 0 Å². The van der Waals surface area contributed by atoms with E-state index in [0.29, 0.717) is 5.92 Å². The van der Waals surface area contributed by atoms with Crippen LogP contribution < -0.4 is 10.6 Å². The van der Waals surface area contributed by atoms with E-state index in [4.69, 9.17) is 0 Å². The van der Waals surface area contributed by atoms with E-state index in [0.717, 1.165) is 38.3 Å². The second-order valence-corrected chi connectivity index (χ2v) is 5.30. The van der Waals surface area contributed by atoms with Gasteiger partial charge in [0.25, 0.3) is 0 Å². The molecule has 21 heavy (non-hydrogen) atoms. The highest BCUT2D eigenvalue weighted by Crippen LogP contribution is 2.17. The maximum atomic E-state index is 12.1. The summed E-state index contributed by atoms with van der Waals surface area (Å²) in [7, 11) is 0. The van der Waals surface area contributed by atoms with Gasteiger partial charge in [-0.15, -0.1) is 0 Å². The smallest absolute Gasteiger partial charge is 0.321 e. The van der Waals surface area contributed by atoms with Gasteiger partial charge in [-0.1, -0.05) is 39.8 Å². The lowest BCUT2D eigenvalue weighted by Gasteiger charge is -2.20. The molecule has 0 radical (unpaired) electrons. The van der Waals surface area contributed by atoms with E-state index in [1.54, 1.807) is 0 Å². The van der Waals surface area contributed by atoms with Gasteiger partial charge in [0.15, 0.2) is 0 Å². The number of rotatable bonds is 2. The first-order valence-corrected chi connectivity index (χ1v) is 8.03. The minimum atomic E-state index is 0.000923. The number of urea groups is 1. The summed E-state index contributed by atoms with van der Waals surface area (Å²) in [6.07, 6.45) is 1.01. The fourth-order valence-corrected chi connectivity index (χ4v) is 2.20. The first kappa shape index (κ1) is 17.5. The molecule has 2 rings (SSSR count). The van der Waals surface area contributed by atoms with Crippen molar-refractivity contribution in [3.05, 3.63) is 29.8 Å². The van der Waals surface area contributed by atoms with E-state index in [2.05, 4.69) is 36.6 Å². The van der Waals surface area contributed by atoms with E-state index >= 15 is 0 Å². The van der Waals surface area contributed by atoms with E-state index in [1.165, 1.54) is 5.56 Å². The fourth-order valence-electron chi connectivity index (χ4n) is 2.20. The molecule has 1 heterocycles. The molecule has 1 aliphatic heterocycles. The van der Waals surface area contributed by atoms with Crippen molar-refractivity contribution < 1.29 is 4.79 Å². The monoisotopic (exact) mass is 291 g/mol. The van der Waals surface area contributed by atoms with Crippen LogP contribution in [0.4, 0.5) is 10.5 Å². The van der Waals surface area contributed by atoms with Gasteiger partial charge in [0.05, 0.1) is 0 Å². The van der Waals surface area contributed by atoms with Crippen LogP contribution in [-0.4, -0.2) is 37.1 Å². The summed E-state index contributed by atoms with van der Waals surface area (Å²) in [6, 6.07) is 8.10. The summed E-state index contributed by atoms with van der Waals surface area (Å²) in [5.74, 6) is 0.515. The first-order chi connectivity index (χ1) is 10.2. The summed E-state index contributed by atoms with van der Waals surface area (Å²) in [6.45, 7) is 11.8. The molecule has 4 nitrogen and oxygen atoms in total. The lowest BCUT2D eigenvalue weighted by Crippen LogP contribution is -2.37. The lowest BCUT2D eigenvalue weighted by molar-refractivity contribution is 0.215. The van der Waals surface area contributed by atoms with Crippen LogP contribution in [0.25, 0.3) is 0 Å². The molecule has 0 aliphatic carbocycles. The van der Waals surface area contributed by atoms with Crippen LogP contribution in [0.2, 0.25) is 0 Å². The second-order valence-electron chi connectivity index (χ2n) is 5.30. The largest absolute Gasteiger partial charge is 0.323 e. The Kier molecular flexibility index (Phi) is 7.83. The zero-order chi connectivity index (χ0) is 15.7. The second kappa shape index (κ2) is 9.40. The molecule has 1 aromatic rings. The highest BCUT2D eigenvalue weighted by Gasteiger charge is 2.14. The topological polar surface area (TPSA) is 44.4 Å². The molecule has 1 fully saturated rings. The van der Waals surface area contributed by atoms with Gasteiger partial charge >= 0.3 is 6.03 Å². The van der Waals surface area contributed by atoms with Gasteiger partial charge in [0.2, 0.25) is 0 Å². The van der Waals surface area contributed by atoms with Gasteiger partial charge in [-0.3, -0.25) is 0 Å². The Morgan fingerprint density at radius 1 is 1.14 bits per heavy atom. The Hall–Kier alpha value is -1.55. The van der Waals surface area contributed by atoms with Gasteiger partial charge in [-0.05, 0) is 36.6 Å². The molecular formula is C17H29N3O. The summed E-state index contributed by atoms with van der Waals surface area (Å²) in [5, 5.41) is 6.26. The van der Waals surface area contributed by atoms with E-state index in [9.17, 15) is 4.79 Å². The van der Waals surface area contributed by atoms with Gasteiger partial charge in [-0.2, -0.15) is 0 Å². The summed E-state index contributed by atoms with van der Waals surface area (Å²) < 4.78 is 0. The molecule has 0 aromatic heterocycles. The van der Waals surface area contributed by atoms with Crippen LogP contribution in [0, 0.1) is 0 Å². The van der Waals surface area contributed by atoms with Crippen LogP contribution in [0.3, 0.4) is 0 Å². The molecule has 0 unspecified atom stereocenters. The third-order valence-electron chi connectivity index (χ3n) is 3.46. The molecule has 0 saturated carbocycles. The summed E-state index contributed by atoms with van der Waals surface area (Å²) in [4.78, 5) is 14.0. The Balaban J connectivity index is 0.00000106. The Morgan fingerprint density at radius 2 is 1.81 bits per heavy atom. The van der Waals surface area contributed by atoms with Gasteiger partial charge in [-0.25, -0.2) is 4.79 Å². The van der Waals surface area contributed by atoms with Crippen molar-refractivity contribution in [2.24, 2.45) is 0 Å². The number of benzene rings is 1. The SMILES string of the molecule is CC.CC(C)c1ccc(NC(=O)N2CCCNCC2)cc1. The third-order valence-corrected chi connectivity index (χ3v) is 3.46. The van der Waals surface area contributed by atoms with Gasteiger partial charge in [0.1, 0.15) is 0 Å². The van der Waals surface area contributed by atoms with Crippen molar-refractivity contribution in [1.29, 1.82) is 0 Å². The van der Waals surface area contributed by atoms with Crippen molar-refractivity contribution >= 4 is 11.7 Å². The summed E-state index contributed by atoms with van der Waals surface area (Å²) >= 11 is 0. The van der Waals surface area contributed by atoms with Crippen LogP contribution in [0.15, 0.2) is 24.3 Å². The average molecular weight is 291 g/mol. The molecule has 0 atom stereocenters. The number of carbonyl (C=O) groups is 1. The maximum absolute atomic E-state index is 12.1. The molecule has 1 saturated heterocycles. The normalized spacial score (nSPS) is 15.0. The van der Waals surface area contributed by atoms with Crippen LogP contribution in [0.1, 0.15) is 45.6 Å². The zero-order valence-corrected chi connectivity index (χ0v) is 13.8. The van der Waals surface area contributed by atoms with E-state index < -0.39 is 0 Å². The number of nitrogens with zero attached hydrogens (tertiary/aromatic N) is 1. The molecular weight excluding hydrogens is 262 g/mol. The molecule has 118 valence electrons. The quantitative estimate of drug-likeness (QED) is 0.873. The predicted molar refractivity (Wildman–Crippen MR) is 90.0 cm³/mol. The van der Waals surface area contributed by atoms with Gasteiger partial charge < -0.3 is 15.5 Å².